The zero-order valence-electron chi connectivity index (χ0n) is 15.1. The van der Waals surface area contributed by atoms with Gasteiger partial charge in [0.15, 0.2) is 12.6 Å². The molecule has 0 aromatic heterocycles. The zero-order chi connectivity index (χ0) is 19.1. The largest absolute Gasteiger partial charge is 0.494 e. The monoisotopic (exact) mass is 353 g/mol. The summed E-state index contributed by atoms with van der Waals surface area (Å²) in [6, 6.07) is 3.48. The number of amides is 2. The van der Waals surface area contributed by atoms with Crippen LogP contribution >= 0.6 is 0 Å². The first-order valence-corrected chi connectivity index (χ1v) is 7.90. The molecule has 2 amide bonds. The summed E-state index contributed by atoms with van der Waals surface area (Å²) in [5.41, 5.74) is 0.209. The van der Waals surface area contributed by atoms with Crippen molar-refractivity contribution >= 4 is 23.2 Å². The van der Waals surface area contributed by atoms with Gasteiger partial charge in [0, 0.05) is 12.1 Å². The molecule has 1 rings (SSSR count). The van der Waals surface area contributed by atoms with Crippen LogP contribution in [0.1, 0.15) is 20.8 Å². The molecule has 9 nitrogen and oxygen atoms in total. The van der Waals surface area contributed by atoms with Gasteiger partial charge in [-0.2, -0.15) is 0 Å². The Morgan fingerprint density at radius 1 is 1.32 bits per heavy atom. The third-order valence-electron chi connectivity index (χ3n) is 3.68. The van der Waals surface area contributed by atoms with E-state index in [1.807, 2.05) is 13.8 Å². The molecule has 0 spiro atoms. The molecule has 1 aromatic carbocycles. The highest BCUT2D eigenvalue weighted by Gasteiger charge is 2.25. The smallest absolute Gasteiger partial charge is 0.282 e. The van der Waals surface area contributed by atoms with E-state index < -0.39 is 11.0 Å². The van der Waals surface area contributed by atoms with E-state index in [1.54, 1.807) is 14.0 Å². The Balaban J connectivity index is 2.77. The molecule has 138 valence electrons. The number of non-ortho nitro benzene ring substituents is 1. The molecule has 0 radical (unpaired) electrons. The molecule has 0 fully saturated rings. The number of hydrogen-bond acceptors (Lipinski definition) is 5. The second-order valence-corrected chi connectivity index (χ2v) is 6.10. The van der Waals surface area contributed by atoms with Crippen molar-refractivity contribution in [2.45, 2.75) is 32.9 Å². The number of carbonyl (C=O) groups is 2. The van der Waals surface area contributed by atoms with Gasteiger partial charge in [0.1, 0.15) is 5.75 Å². The summed E-state index contributed by atoms with van der Waals surface area (Å²) >= 11 is 0. The number of nitro groups is 1. The molecule has 0 saturated heterocycles. The number of nitrogens with one attached hydrogen (secondary N) is 3. The van der Waals surface area contributed by atoms with E-state index in [1.165, 1.54) is 25.3 Å². The van der Waals surface area contributed by atoms with Crippen LogP contribution in [-0.4, -0.2) is 49.5 Å². The van der Waals surface area contributed by atoms with Gasteiger partial charge in [-0.3, -0.25) is 19.7 Å². The van der Waals surface area contributed by atoms with Crippen LogP contribution in [-0.2, 0) is 9.59 Å². The van der Waals surface area contributed by atoms with Gasteiger partial charge in [-0.05, 0) is 26.8 Å². The number of ether oxygens (including phenoxy) is 1. The average Bonchev–Trinajstić information content (AvgIpc) is 2.53. The van der Waals surface area contributed by atoms with Crippen molar-refractivity contribution in [2.24, 2.45) is 0 Å². The molecule has 0 aliphatic carbocycles. The van der Waals surface area contributed by atoms with Crippen LogP contribution in [0, 0.1) is 10.1 Å². The summed E-state index contributed by atoms with van der Waals surface area (Å²) in [5, 5.41) is 16.3. The lowest BCUT2D eigenvalue weighted by atomic mass is 10.2. The van der Waals surface area contributed by atoms with Crippen LogP contribution in [0.25, 0.3) is 0 Å². The average molecular weight is 353 g/mol. The first kappa shape index (κ1) is 20.4. The number of nitrogens with zero attached hydrogens (tertiary/aromatic N) is 1. The van der Waals surface area contributed by atoms with Gasteiger partial charge in [-0.1, -0.05) is 0 Å². The Morgan fingerprint density at radius 3 is 2.48 bits per heavy atom. The molecule has 1 aromatic rings. The summed E-state index contributed by atoms with van der Waals surface area (Å²) in [6.07, 6.45) is 0. The number of hydrogen-bond donors (Lipinski definition) is 3. The third kappa shape index (κ3) is 6.03. The second kappa shape index (κ2) is 8.97. The summed E-state index contributed by atoms with van der Waals surface area (Å²) < 4.78 is 5.10. The zero-order valence-corrected chi connectivity index (χ0v) is 15.1. The predicted octanol–water partition coefficient (Wildman–Crippen LogP) is -0.0303. The Bertz CT molecular complexity index is 647. The standard InChI is InChI=1S/C16H24N4O5/c1-10(2)17-15(21)9-19(4)11(3)16(22)18-13-7-6-12(20(23)24)8-14(13)25-5/h6-8,10-11H,9H2,1-5H3,(H,17,21)(H,18,22)/p+1/t11-/m1/s1. The highest BCUT2D eigenvalue weighted by molar-refractivity contribution is 5.95. The van der Waals surface area contributed by atoms with E-state index in [0.717, 1.165) is 4.90 Å². The van der Waals surface area contributed by atoms with Gasteiger partial charge in [0.05, 0.1) is 30.8 Å². The summed E-state index contributed by atoms with van der Waals surface area (Å²) in [4.78, 5) is 35.2. The van der Waals surface area contributed by atoms with Crippen LogP contribution in [0.4, 0.5) is 11.4 Å². The van der Waals surface area contributed by atoms with Crippen molar-refractivity contribution in [1.29, 1.82) is 0 Å². The lowest BCUT2D eigenvalue weighted by Crippen LogP contribution is -3.15. The van der Waals surface area contributed by atoms with E-state index in [4.69, 9.17) is 4.74 Å². The lowest BCUT2D eigenvalue weighted by molar-refractivity contribution is -0.885. The van der Waals surface area contributed by atoms with E-state index >= 15 is 0 Å². The van der Waals surface area contributed by atoms with Crippen molar-refractivity contribution in [3.8, 4) is 5.75 Å². The minimum atomic E-state index is -0.540. The van der Waals surface area contributed by atoms with Gasteiger partial charge in [-0.15, -0.1) is 0 Å². The predicted molar refractivity (Wildman–Crippen MR) is 92.8 cm³/mol. The van der Waals surface area contributed by atoms with Crippen molar-refractivity contribution in [3.05, 3.63) is 28.3 Å². The minimum absolute atomic E-state index is 0.0359. The normalized spacial score (nSPS) is 13.0. The number of nitro benzene ring substituents is 1. The van der Waals surface area contributed by atoms with Crippen molar-refractivity contribution in [1.82, 2.24) is 5.32 Å². The Hall–Kier alpha value is -2.68. The van der Waals surface area contributed by atoms with Crippen molar-refractivity contribution < 1.29 is 24.1 Å². The number of carbonyl (C=O) groups excluding carboxylic acids is 2. The highest BCUT2D eigenvalue weighted by atomic mass is 16.6. The Labute approximate surface area is 146 Å². The molecule has 25 heavy (non-hydrogen) atoms. The third-order valence-corrected chi connectivity index (χ3v) is 3.68. The summed E-state index contributed by atoms with van der Waals surface area (Å²) in [5.74, 6) is -0.257. The quantitative estimate of drug-likeness (QED) is 0.448. The van der Waals surface area contributed by atoms with Crippen LogP contribution in [0.2, 0.25) is 0 Å². The molecule has 0 heterocycles. The van der Waals surface area contributed by atoms with E-state index in [9.17, 15) is 19.7 Å². The molecular formula is C16H25N4O5+. The molecular weight excluding hydrogens is 328 g/mol. The number of anilines is 1. The molecule has 3 N–H and O–H groups in total. The Morgan fingerprint density at radius 2 is 1.96 bits per heavy atom. The van der Waals surface area contributed by atoms with Gasteiger partial charge < -0.3 is 20.3 Å². The van der Waals surface area contributed by atoms with Crippen LogP contribution in [0.5, 0.6) is 5.75 Å². The van der Waals surface area contributed by atoms with E-state index in [0.29, 0.717) is 5.69 Å². The molecule has 1 unspecified atom stereocenters. The van der Waals surface area contributed by atoms with Crippen molar-refractivity contribution in [3.63, 3.8) is 0 Å². The van der Waals surface area contributed by atoms with E-state index in [2.05, 4.69) is 10.6 Å². The number of rotatable bonds is 8. The van der Waals surface area contributed by atoms with Crippen LogP contribution in [0.15, 0.2) is 18.2 Å². The van der Waals surface area contributed by atoms with Gasteiger partial charge in [0.25, 0.3) is 17.5 Å². The first-order valence-electron chi connectivity index (χ1n) is 7.90. The molecule has 0 bridgehead atoms. The molecule has 0 aliphatic heterocycles. The fourth-order valence-corrected chi connectivity index (χ4v) is 2.14. The highest BCUT2D eigenvalue weighted by Crippen LogP contribution is 2.28. The number of methoxy groups -OCH3 is 1. The Kier molecular flexibility index (Phi) is 7.31. The minimum Gasteiger partial charge on any atom is -0.494 e. The van der Waals surface area contributed by atoms with Gasteiger partial charge in [-0.25, -0.2) is 0 Å². The lowest BCUT2D eigenvalue weighted by Gasteiger charge is -2.21. The topological polar surface area (TPSA) is 115 Å². The maximum Gasteiger partial charge on any atom is 0.282 e. The fourth-order valence-electron chi connectivity index (χ4n) is 2.14. The van der Waals surface area contributed by atoms with Crippen molar-refractivity contribution in [2.75, 3.05) is 26.0 Å². The van der Waals surface area contributed by atoms with E-state index in [-0.39, 0.29) is 35.8 Å². The number of quaternary nitrogens is 1. The molecule has 9 heteroatoms. The molecule has 0 saturated carbocycles. The molecule has 0 aliphatic rings. The summed E-state index contributed by atoms with van der Waals surface area (Å²) in [6.45, 7) is 5.59. The number of likely N-dealkylation sites (N-methyl/N-ethyl adjacent to an activating group) is 1. The fraction of sp³-hybridized carbons (Fsp3) is 0.500. The van der Waals surface area contributed by atoms with Crippen LogP contribution < -0.4 is 20.3 Å². The van der Waals surface area contributed by atoms with Gasteiger partial charge in [0.2, 0.25) is 0 Å². The SMILES string of the molecule is COc1cc([N+](=O)[O-])ccc1NC(=O)[C@@H](C)[NH+](C)CC(=O)NC(C)C. The molecule has 2 atom stereocenters. The second-order valence-electron chi connectivity index (χ2n) is 6.10. The van der Waals surface area contributed by atoms with Crippen LogP contribution in [0.3, 0.4) is 0 Å². The van der Waals surface area contributed by atoms with Gasteiger partial charge >= 0.3 is 0 Å². The number of benzene rings is 1. The maximum atomic E-state index is 12.4. The maximum absolute atomic E-state index is 12.4. The first-order chi connectivity index (χ1) is 11.6. The summed E-state index contributed by atoms with van der Waals surface area (Å²) in [7, 11) is 3.11.